The summed E-state index contributed by atoms with van der Waals surface area (Å²) in [5.74, 6) is 0.130. The quantitative estimate of drug-likeness (QED) is 0.783. The van der Waals surface area contributed by atoms with Crippen LogP contribution in [-0.4, -0.2) is 42.2 Å². The molecule has 2 heterocycles. The highest BCUT2D eigenvalue weighted by Gasteiger charge is 2.52. The van der Waals surface area contributed by atoms with Gasteiger partial charge in [-0.15, -0.1) is 0 Å². The van der Waals surface area contributed by atoms with Gasteiger partial charge >= 0.3 is 7.12 Å². The van der Waals surface area contributed by atoms with Gasteiger partial charge < -0.3 is 14.2 Å². The molecule has 1 amide bonds. The molecule has 4 nitrogen and oxygen atoms in total. The Morgan fingerprint density at radius 2 is 1.62 bits per heavy atom. The molecule has 0 bridgehead atoms. The van der Waals surface area contributed by atoms with Crippen molar-refractivity contribution in [2.75, 3.05) is 13.1 Å². The van der Waals surface area contributed by atoms with Gasteiger partial charge in [0.1, 0.15) is 0 Å². The first-order valence-electron chi connectivity index (χ1n) is 8.97. The van der Waals surface area contributed by atoms with E-state index < -0.39 is 7.12 Å². The Kier molecular flexibility index (Phi) is 4.52. The Hall–Kier alpha value is -1.33. The molecule has 2 saturated heterocycles. The van der Waals surface area contributed by atoms with Gasteiger partial charge in [-0.05, 0) is 71.0 Å². The van der Waals surface area contributed by atoms with Gasteiger partial charge in [0, 0.05) is 18.7 Å². The number of hydrogen-bond acceptors (Lipinski definition) is 3. The summed E-state index contributed by atoms with van der Waals surface area (Å²) < 4.78 is 12.3. The second-order valence-electron chi connectivity index (χ2n) is 7.96. The lowest BCUT2D eigenvalue weighted by atomic mass is 9.75. The van der Waals surface area contributed by atoms with Gasteiger partial charge in [0.2, 0.25) is 0 Å². The number of likely N-dealkylation sites (tertiary alicyclic amines) is 1. The Morgan fingerprint density at radius 3 is 2.21 bits per heavy atom. The molecule has 0 aliphatic carbocycles. The molecular weight excluding hydrogens is 301 g/mol. The fourth-order valence-electron chi connectivity index (χ4n) is 3.38. The van der Waals surface area contributed by atoms with E-state index in [4.69, 9.17) is 9.31 Å². The SMILES string of the molecule is Cc1c(B2OC(C)(C)C(C)(C)O2)cccc1C(=O)N1CCCCC1. The second kappa shape index (κ2) is 6.19. The predicted molar refractivity (Wildman–Crippen MR) is 96.6 cm³/mol. The molecule has 3 rings (SSSR count). The molecule has 0 spiro atoms. The van der Waals surface area contributed by atoms with Gasteiger partial charge in [-0.2, -0.15) is 0 Å². The van der Waals surface area contributed by atoms with E-state index in [1.54, 1.807) is 0 Å². The van der Waals surface area contributed by atoms with E-state index in [-0.39, 0.29) is 17.1 Å². The van der Waals surface area contributed by atoms with Crippen LogP contribution < -0.4 is 5.46 Å². The summed E-state index contributed by atoms with van der Waals surface area (Å²) in [7, 11) is -0.427. The zero-order valence-corrected chi connectivity index (χ0v) is 15.5. The highest BCUT2D eigenvalue weighted by Crippen LogP contribution is 2.36. The van der Waals surface area contributed by atoms with Crippen LogP contribution in [0, 0.1) is 6.92 Å². The average molecular weight is 329 g/mol. The van der Waals surface area contributed by atoms with Crippen LogP contribution in [0.2, 0.25) is 0 Å². The number of hydrogen-bond donors (Lipinski definition) is 0. The molecule has 0 N–H and O–H groups in total. The van der Waals surface area contributed by atoms with Crippen molar-refractivity contribution in [3.05, 3.63) is 29.3 Å². The summed E-state index contributed by atoms with van der Waals surface area (Å²) >= 11 is 0. The monoisotopic (exact) mass is 329 g/mol. The number of amides is 1. The Bertz CT molecular complexity index is 619. The standard InChI is InChI=1S/C19H28BNO3/c1-14-15(17(22)21-12-7-6-8-13-21)10-9-11-16(14)20-23-18(2,3)19(4,5)24-20/h9-11H,6-8,12-13H2,1-5H3. The van der Waals surface area contributed by atoms with Crippen molar-refractivity contribution >= 4 is 18.5 Å². The van der Waals surface area contributed by atoms with Crippen LogP contribution in [0.25, 0.3) is 0 Å². The Labute approximate surface area is 145 Å². The fourth-order valence-corrected chi connectivity index (χ4v) is 3.38. The first kappa shape index (κ1) is 17.5. The van der Waals surface area contributed by atoms with Crippen molar-refractivity contribution in [1.29, 1.82) is 0 Å². The third kappa shape index (κ3) is 3.00. The van der Waals surface area contributed by atoms with Crippen LogP contribution in [0.1, 0.15) is 62.9 Å². The number of benzene rings is 1. The van der Waals surface area contributed by atoms with Gasteiger partial charge in [-0.25, -0.2) is 0 Å². The fraction of sp³-hybridized carbons (Fsp3) is 0.632. The number of rotatable bonds is 2. The smallest absolute Gasteiger partial charge is 0.399 e. The molecule has 1 aromatic carbocycles. The maximum absolute atomic E-state index is 12.9. The molecule has 130 valence electrons. The highest BCUT2D eigenvalue weighted by molar-refractivity contribution is 6.62. The predicted octanol–water partition coefficient (Wildman–Crippen LogP) is 2.92. The molecular formula is C19H28BNO3. The maximum Gasteiger partial charge on any atom is 0.495 e. The molecule has 2 fully saturated rings. The summed E-state index contributed by atoms with van der Waals surface area (Å²) in [6.45, 7) is 11.9. The topological polar surface area (TPSA) is 38.8 Å². The number of nitrogens with zero attached hydrogens (tertiary/aromatic N) is 1. The van der Waals surface area contributed by atoms with Crippen molar-refractivity contribution in [3.8, 4) is 0 Å². The first-order chi connectivity index (χ1) is 11.2. The molecule has 5 heteroatoms. The molecule has 2 aliphatic rings. The zero-order chi connectivity index (χ0) is 17.5. The lowest BCUT2D eigenvalue weighted by Crippen LogP contribution is -2.41. The average Bonchev–Trinajstić information content (AvgIpc) is 2.75. The first-order valence-corrected chi connectivity index (χ1v) is 8.97. The van der Waals surface area contributed by atoms with E-state index in [1.807, 2.05) is 57.7 Å². The molecule has 0 radical (unpaired) electrons. The molecule has 2 aliphatic heterocycles. The largest absolute Gasteiger partial charge is 0.495 e. The summed E-state index contributed by atoms with van der Waals surface area (Å²) in [6.07, 6.45) is 3.42. The van der Waals surface area contributed by atoms with Crippen molar-refractivity contribution in [1.82, 2.24) is 4.90 Å². The van der Waals surface area contributed by atoms with E-state index in [0.717, 1.165) is 42.5 Å². The van der Waals surface area contributed by atoms with E-state index >= 15 is 0 Å². The molecule has 0 atom stereocenters. The van der Waals surface area contributed by atoms with Crippen LogP contribution in [0.15, 0.2) is 18.2 Å². The van der Waals surface area contributed by atoms with Crippen LogP contribution in [0.5, 0.6) is 0 Å². The lowest BCUT2D eigenvalue weighted by Gasteiger charge is -2.32. The van der Waals surface area contributed by atoms with Gasteiger partial charge in [0.05, 0.1) is 11.2 Å². The number of piperidine rings is 1. The van der Waals surface area contributed by atoms with Gasteiger partial charge in [-0.3, -0.25) is 4.79 Å². The highest BCUT2D eigenvalue weighted by atomic mass is 16.7. The third-order valence-electron chi connectivity index (χ3n) is 5.76. The summed E-state index contributed by atoms with van der Waals surface area (Å²) in [5, 5.41) is 0. The minimum absolute atomic E-state index is 0.130. The van der Waals surface area contributed by atoms with Crippen LogP contribution in [0.3, 0.4) is 0 Å². The third-order valence-corrected chi connectivity index (χ3v) is 5.76. The number of carbonyl (C=O) groups excluding carboxylic acids is 1. The second-order valence-corrected chi connectivity index (χ2v) is 7.96. The summed E-state index contributed by atoms with van der Waals surface area (Å²) in [5.41, 5.74) is 1.93. The Balaban J connectivity index is 1.88. The molecule has 24 heavy (non-hydrogen) atoms. The van der Waals surface area contributed by atoms with Crippen molar-refractivity contribution in [3.63, 3.8) is 0 Å². The minimum atomic E-state index is -0.427. The van der Waals surface area contributed by atoms with E-state index in [0.29, 0.717) is 0 Å². The molecule has 0 unspecified atom stereocenters. The van der Waals surface area contributed by atoms with Crippen LogP contribution in [-0.2, 0) is 9.31 Å². The van der Waals surface area contributed by atoms with Gasteiger partial charge in [0.15, 0.2) is 0 Å². The number of carbonyl (C=O) groups is 1. The summed E-state index contributed by atoms with van der Waals surface area (Å²) in [6, 6.07) is 5.86. The minimum Gasteiger partial charge on any atom is -0.399 e. The van der Waals surface area contributed by atoms with Gasteiger partial charge in [-0.1, -0.05) is 12.1 Å². The zero-order valence-electron chi connectivity index (χ0n) is 15.5. The van der Waals surface area contributed by atoms with Crippen LogP contribution in [0.4, 0.5) is 0 Å². The lowest BCUT2D eigenvalue weighted by molar-refractivity contribution is 0.00578. The van der Waals surface area contributed by atoms with Crippen molar-refractivity contribution < 1.29 is 14.1 Å². The van der Waals surface area contributed by atoms with E-state index in [9.17, 15) is 4.79 Å². The van der Waals surface area contributed by atoms with E-state index in [2.05, 4.69) is 0 Å². The maximum atomic E-state index is 12.9. The molecule has 1 aromatic rings. The van der Waals surface area contributed by atoms with Crippen molar-refractivity contribution in [2.45, 2.75) is 65.1 Å². The Morgan fingerprint density at radius 1 is 1.04 bits per heavy atom. The van der Waals surface area contributed by atoms with Gasteiger partial charge in [0.25, 0.3) is 5.91 Å². The normalized spacial score (nSPS) is 22.7. The van der Waals surface area contributed by atoms with E-state index in [1.165, 1.54) is 6.42 Å². The van der Waals surface area contributed by atoms with Crippen molar-refractivity contribution in [2.24, 2.45) is 0 Å². The molecule has 0 aromatic heterocycles. The van der Waals surface area contributed by atoms with Crippen LogP contribution >= 0.6 is 0 Å². The molecule has 0 saturated carbocycles. The summed E-state index contributed by atoms with van der Waals surface area (Å²) in [4.78, 5) is 14.9.